The summed E-state index contributed by atoms with van der Waals surface area (Å²) in [5.41, 5.74) is 0.203. The summed E-state index contributed by atoms with van der Waals surface area (Å²) >= 11 is 0. The minimum Gasteiger partial charge on any atom is -0.494 e. The largest absolute Gasteiger partial charge is 0.494 e. The molecule has 26 heavy (non-hydrogen) atoms. The molecule has 2 aromatic carbocycles. The second-order valence-electron chi connectivity index (χ2n) is 6.42. The predicted octanol–water partition coefficient (Wildman–Crippen LogP) is 4.10. The van der Waals surface area contributed by atoms with E-state index in [1.165, 1.54) is 0 Å². The standard InChI is InChI=1S/C21H26N2O3/c1-5-23(17-10-8-7-9-11-17)20(25)21(3,4)19(24)22-16-12-14-18(15-13-16)26-6-2/h7-15H,5-6H2,1-4H3,(H,22,24). The zero-order chi connectivity index (χ0) is 19.2. The van der Waals surface area contributed by atoms with Crippen molar-refractivity contribution in [3.8, 4) is 5.75 Å². The Hall–Kier alpha value is -2.82. The molecule has 0 aliphatic rings. The molecule has 0 aliphatic heterocycles. The van der Waals surface area contributed by atoms with Gasteiger partial charge in [0.2, 0.25) is 11.8 Å². The number of hydrogen-bond acceptors (Lipinski definition) is 3. The van der Waals surface area contributed by atoms with Crippen molar-refractivity contribution in [2.24, 2.45) is 5.41 Å². The molecule has 2 rings (SSSR count). The fourth-order valence-corrected chi connectivity index (χ4v) is 2.57. The van der Waals surface area contributed by atoms with Gasteiger partial charge in [-0.15, -0.1) is 0 Å². The van der Waals surface area contributed by atoms with Crippen LogP contribution in [-0.2, 0) is 9.59 Å². The van der Waals surface area contributed by atoms with E-state index < -0.39 is 5.41 Å². The second kappa shape index (κ2) is 8.52. The first-order valence-electron chi connectivity index (χ1n) is 8.81. The Bertz CT molecular complexity index is 740. The van der Waals surface area contributed by atoms with Crippen molar-refractivity contribution < 1.29 is 14.3 Å². The molecule has 0 aromatic heterocycles. The Morgan fingerprint density at radius 1 is 1.00 bits per heavy atom. The summed E-state index contributed by atoms with van der Waals surface area (Å²) in [6.07, 6.45) is 0. The van der Waals surface area contributed by atoms with Crippen LogP contribution < -0.4 is 15.0 Å². The van der Waals surface area contributed by atoms with Crippen LogP contribution in [0.25, 0.3) is 0 Å². The highest BCUT2D eigenvalue weighted by Crippen LogP contribution is 2.26. The van der Waals surface area contributed by atoms with Crippen LogP contribution in [0.15, 0.2) is 54.6 Å². The van der Waals surface area contributed by atoms with E-state index in [-0.39, 0.29) is 11.8 Å². The van der Waals surface area contributed by atoms with E-state index in [1.54, 1.807) is 43.0 Å². The van der Waals surface area contributed by atoms with E-state index >= 15 is 0 Å². The lowest BCUT2D eigenvalue weighted by Crippen LogP contribution is -2.47. The molecule has 0 radical (unpaired) electrons. The van der Waals surface area contributed by atoms with Crippen LogP contribution in [0.1, 0.15) is 27.7 Å². The van der Waals surface area contributed by atoms with Crippen LogP contribution in [0, 0.1) is 5.41 Å². The average Bonchev–Trinajstić information content (AvgIpc) is 2.65. The number of carbonyl (C=O) groups excluding carboxylic acids is 2. The molecule has 0 fully saturated rings. The average molecular weight is 354 g/mol. The van der Waals surface area contributed by atoms with Crippen LogP contribution in [0.2, 0.25) is 0 Å². The highest BCUT2D eigenvalue weighted by atomic mass is 16.5. The number of carbonyl (C=O) groups is 2. The summed E-state index contributed by atoms with van der Waals surface area (Å²) in [5.74, 6) is 0.151. The molecule has 0 unspecified atom stereocenters. The molecule has 0 atom stereocenters. The van der Waals surface area contributed by atoms with E-state index in [4.69, 9.17) is 4.74 Å². The maximum absolute atomic E-state index is 13.0. The summed E-state index contributed by atoms with van der Waals surface area (Å²) in [6, 6.07) is 16.5. The quantitative estimate of drug-likeness (QED) is 0.762. The molecule has 2 aromatic rings. The lowest BCUT2D eigenvalue weighted by Gasteiger charge is -2.30. The van der Waals surface area contributed by atoms with Crippen molar-refractivity contribution in [2.75, 3.05) is 23.4 Å². The lowest BCUT2D eigenvalue weighted by molar-refractivity contribution is -0.136. The molecule has 0 saturated carbocycles. The van der Waals surface area contributed by atoms with E-state index in [1.807, 2.05) is 44.2 Å². The maximum Gasteiger partial charge on any atom is 0.242 e. The van der Waals surface area contributed by atoms with Crippen molar-refractivity contribution in [3.63, 3.8) is 0 Å². The summed E-state index contributed by atoms with van der Waals surface area (Å²) < 4.78 is 5.39. The van der Waals surface area contributed by atoms with Crippen LogP contribution in [0.3, 0.4) is 0 Å². The first kappa shape index (κ1) is 19.5. The number of rotatable bonds is 7. The Labute approximate surface area is 155 Å². The highest BCUT2D eigenvalue weighted by Gasteiger charge is 2.39. The third-order valence-electron chi connectivity index (χ3n) is 4.15. The topological polar surface area (TPSA) is 58.6 Å². The first-order chi connectivity index (χ1) is 12.4. The number of nitrogens with zero attached hydrogens (tertiary/aromatic N) is 1. The molecular formula is C21H26N2O3. The van der Waals surface area contributed by atoms with Gasteiger partial charge in [-0.25, -0.2) is 0 Å². The summed E-state index contributed by atoms with van der Waals surface area (Å²) in [7, 11) is 0. The highest BCUT2D eigenvalue weighted by molar-refractivity contribution is 6.14. The summed E-state index contributed by atoms with van der Waals surface area (Å²) in [6.45, 7) is 8.17. The van der Waals surface area contributed by atoms with Crippen molar-refractivity contribution in [3.05, 3.63) is 54.6 Å². The van der Waals surface area contributed by atoms with E-state index in [0.717, 1.165) is 11.4 Å². The summed E-state index contributed by atoms with van der Waals surface area (Å²) in [4.78, 5) is 27.4. The normalized spacial score (nSPS) is 10.9. The van der Waals surface area contributed by atoms with Gasteiger partial charge in [0.1, 0.15) is 11.2 Å². The van der Waals surface area contributed by atoms with Gasteiger partial charge in [0.15, 0.2) is 0 Å². The zero-order valence-corrected chi connectivity index (χ0v) is 15.8. The molecule has 0 bridgehead atoms. The molecule has 0 spiro atoms. The Morgan fingerprint density at radius 2 is 1.62 bits per heavy atom. The van der Waals surface area contributed by atoms with Gasteiger partial charge >= 0.3 is 0 Å². The van der Waals surface area contributed by atoms with Crippen LogP contribution >= 0.6 is 0 Å². The van der Waals surface area contributed by atoms with Gasteiger partial charge in [-0.05, 0) is 64.1 Å². The van der Waals surface area contributed by atoms with Crippen molar-refractivity contribution in [1.82, 2.24) is 0 Å². The minimum absolute atomic E-state index is 0.241. The van der Waals surface area contributed by atoms with Gasteiger partial charge in [0.25, 0.3) is 0 Å². The first-order valence-corrected chi connectivity index (χ1v) is 8.81. The van der Waals surface area contributed by atoms with Gasteiger partial charge in [0.05, 0.1) is 6.61 Å². The smallest absolute Gasteiger partial charge is 0.242 e. The summed E-state index contributed by atoms with van der Waals surface area (Å²) in [5, 5.41) is 2.82. The van der Waals surface area contributed by atoms with E-state index in [0.29, 0.717) is 18.8 Å². The van der Waals surface area contributed by atoms with Crippen LogP contribution in [-0.4, -0.2) is 25.0 Å². The van der Waals surface area contributed by atoms with Crippen molar-refractivity contribution >= 4 is 23.2 Å². The van der Waals surface area contributed by atoms with Gasteiger partial charge in [-0.3, -0.25) is 9.59 Å². The van der Waals surface area contributed by atoms with Crippen molar-refractivity contribution in [2.45, 2.75) is 27.7 Å². The van der Waals surface area contributed by atoms with Gasteiger partial charge in [0, 0.05) is 17.9 Å². The third-order valence-corrected chi connectivity index (χ3v) is 4.15. The number of benzene rings is 2. The lowest BCUT2D eigenvalue weighted by atomic mass is 9.89. The van der Waals surface area contributed by atoms with Crippen LogP contribution in [0.5, 0.6) is 5.75 Å². The van der Waals surface area contributed by atoms with Crippen molar-refractivity contribution in [1.29, 1.82) is 0 Å². The van der Waals surface area contributed by atoms with Gasteiger partial charge in [-0.1, -0.05) is 18.2 Å². The molecule has 0 heterocycles. The predicted molar refractivity (Wildman–Crippen MR) is 104 cm³/mol. The van der Waals surface area contributed by atoms with E-state index in [2.05, 4.69) is 5.32 Å². The molecule has 0 saturated heterocycles. The maximum atomic E-state index is 13.0. The fraction of sp³-hybridized carbons (Fsp3) is 0.333. The van der Waals surface area contributed by atoms with Crippen LogP contribution in [0.4, 0.5) is 11.4 Å². The molecule has 1 N–H and O–H groups in total. The number of hydrogen-bond donors (Lipinski definition) is 1. The molecule has 0 aliphatic carbocycles. The van der Waals surface area contributed by atoms with E-state index in [9.17, 15) is 9.59 Å². The third kappa shape index (κ3) is 4.42. The molecule has 5 heteroatoms. The van der Waals surface area contributed by atoms with Gasteiger partial charge < -0.3 is 15.0 Å². The number of nitrogens with one attached hydrogen (secondary N) is 1. The Kier molecular flexibility index (Phi) is 6.39. The Balaban J connectivity index is 2.14. The number of para-hydroxylation sites is 1. The van der Waals surface area contributed by atoms with Gasteiger partial charge in [-0.2, -0.15) is 0 Å². The monoisotopic (exact) mass is 354 g/mol. The molecule has 2 amide bonds. The molecule has 5 nitrogen and oxygen atoms in total. The zero-order valence-electron chi connectivity index (χ0n) is 15.8. The molecule has 138 valence electrons. The number of ether oxygens (including phenoxy) is 1. The fourth-order valence-electron chi connectivity index (χ4n) is 2.57. The molecular weight excluding hydrogens is 328 g/mol. The minimum atomic E-state index is -1.20. The number of anilines is 2. The number of amides is 2. The second-order valence-corrected chi connectivity index (χ2v) is 6.42. The SMILES string of the molecule is CCOc1ccc(NC(=O)C(C)(C)C(=O)N(CC)c2ccccc2)cc1. The Morgan fingerprint density at radius 3 is 2.15 bits per heavy atom.